The molecule has 0 aliphatic carbocycles. The second-order valence-electron chi connectivity index (χ2n) is 4.90. The molecule has 24 heavy (non-hydrogen) atoms. The number of thioether (sulfide) groups is 1. The van der Waals surface area contributed by atoms with E-state index in [9.17, 15) is 24.8 Å². The Morgan fingerprint density at radius 1 is 1.17 bits per heavy atom. The fourth-order valence-corrected chi connectivity index (χ4v) is 2.93. The van der Waals surface area contributed by atoms with Gasteiger partial charge in [0.25, 0.3) is 16.8 Å². The summed E-state index contributed by atoms with van der Waals surface area (Å²) >= 11 is 0.746. The molecule has 1 fully saturated rings. The van der Waals surface area contributed by atoms with Crippen LogP contribution in [0.5, 0.6) is 5.75 Å². The highest BCUT2D eigenvalue weighted by molar-refractivity contribution is 8.18. The average molecular weight is 342 g/mol. The summed E-state index contributed by atoms with van der Waals surface area (Å²) in [4.78, 5) is 33.3. The van der Waals surface area contributed by atoms with Crippen molar-refractivity contribution in [2.24, 2.45) is 0 Å². The van der Waals surface area contributed by atoms with Gasteiger partial charge in [-0.2, -0.15) is 0 Å². The van der Waals surface area contributed by atoms with E-state index in [0.29, 0.717) is 16.7 Å². The molecule has 1 aliphatic heterocycles. The zero-order valence-electron chi connectivity index (χ0n) is 12.1. The number of rotatable bonds is 3. The molecule has 0 spiro atoms. The number of phenolic OH excluding ortho intramolecular Hbond substituents is 1. The third kappa shape index (κ3) is 2.99. The van der Waals surface area contributed by atoms with Crippen molar-refractivity contribution in [2.75, 3.05) is 0 Å². The van der Waals surface area contributed by atoms with E-state index in [1.165, 1.54) is 24.3 Å². The third-order valence-electron chi connectivity index (χ3n) is 3.36. The van der Waals surface area contributed by atoms with Crippen molar-refractivity contribution in [1.29, 1.82) is 0 Å². The summed E-state index contributed by atoms with van der Waals surface area (Å²) < 4.78 is 0. The molecule has 2 N–H and O–H groups in total. The van der Waals surface area contributed by atoms with Gasteiger partial charge in [-0.3, -0.25) is 25.0 Å². The van der Waals surface area contributed by atoms with Gasteiger partial charge >= 0.3 is 0 Å². The molecule has 0 atom stereocenters. The highest BCUT2D eigenvalue weighted by Gasteiger charge is 2.25. The zero-order chi connectivity index (χ0) is 17.3. The Morgan fingerprint density at radius 2 is 1.92 bits per heavy atom. The molecule has 1 aliphatic rings. The van der Waals surface area contributed by atoms with Gasteiger partial charge < -0.3 is 5.11 Å². The predicted molar refractivity (Wildman–Crippen MR) is 89.3 cm³/mol. The van der Waals surface area contributed by atoms with Crippen LogP contribution in [-0.4, -0.2) is 21.2 Å². The minimum absolute atomic E-state index is 0.0908. The molecule has 0 bridgehead atoms. The number of non-ortho nitro benzene ring substituents is 1. The maximum Gasteiger partial charge on any atom is 0.290 e. The predicted octanol–water partition coefficient (Wildman–Crippen LogP) is 3.29. The highest BCUT2D eigenvalue weighted by atomic mass is 32.2. The Labute approximate surface area is 140 Å². The topological polar surface area (TPSA) is 110 Å². The highest BCUT2D eigenvalue weighted by Crippen LogP contribution is 2.36. The second-order valence-corrected chi connectivity index (χ2v) is 5.92. The third-order valence-corrected chi connectivity index (χ3v) is 4.17. The molecule has 3 rings (SSSR count). The number of nitro groups is 1. The lowest BCUT2D eigenvalue weighted by Crippen LogP contribution is -2.17. The van der Waals surface area contributed by atoms with E-state index >= 15 is 0 Å². The second kappa shape index (κ2) is 6.17. The van der Waals surface area contributed by atoms with Gasteiger partial charge in [0.15, 0.2) is 0 Å². The standard InChI is InChI=1S/C16H10N2O5S/c19-14-10(8-13-15(20)17-16(21)24-13)4-2-6-12(14)9-3-1-5-11(7-9)18(22)23/h1-8,19H,(H,17,20,21). The fraction of sp³-hybridized carbons (Fsp3) is 0. The van der Waals surface area contributed by atoms with Gasteiger partial charge in [-0.1, -0.05) is 30.3 Å². The number of aromatic hydroxyl groups is 1. The molecule has 2 amide bonds. The number of hydrogen-bond donors (Lipinski definition) is 2. The van der Waals surface area contributed by atoms with E-state index in [2.05, 4.69) is 5.32 Å². The van der Waals surface area contributed by atoms with Gasteiger partial charge in [0.1, 0.15) is 5.75 Å². The van der Waals surface area contributed by atoms with Crippen molar-refractivity contribution in [3.05, 3.63) is 63.0 Å². The quantitative estimate of drug-likeness (QED) is 0.503. The first-order chi connectivity index (χ1) is 11.5. The summed E-state index contributed by atoms with van der Waals surface area (Å²) in [5.74, 6) is -0.650. The Kier molecular flexibility index (Phi) is 4.05. The minimum Gasteiger partial charge on any atom is -0.507 e. The van der Waals surface area contributed by atoms with Crippen LogP contribution >= 0.6 is 11.8 Å². The molecule has 0 unspecified atom stereocenters. The number of nitrogens with zero attached hydrogens (tertiary/aromatic N) is 1. The largest absolute Gasteiger partial charge is 0.507 e. The lowest BCUT2D eigenvalue weighted by atomic mass is 10.0. The molecular formula is C16H10N2O5S. The number of amides is 2. The van der Waals surface area contributed by atoms with Crippen LogP contribution in [0.4, 0.5) is 10.5 Å². The van der Waals surface area contributed by atoms with Crippen LogP contribution < -0.4 is 5.32 Å². The van der Waals surface area contributed by atoms with Crippen LogP contribution in [0.3, 0.4) is 0 Å². The summed E-state index contributed by atoms with van der Waals surface area (Å²) in [5.41, 5.74) is 1.11. The number of nitrogens with one attached hydrogen (secondary N) is 1. The summed E-state index contributed by atoms with van der Waals surface area (Å²) in [7, 11) is 0. The van der Waals surface area contributed by atoms with Gasteiger partial charge in [-0.05, 0) is 23.4 Å². The number of benzene rings is 2. The molecule has 0 aromatic heterocycles. The summed E-state index contributed by atoms with van der Waals surface area (Å²) in [6.07, 6.45) is 1.40. The van der Waals surface area contributed by atoms with Crippen molar-refractivity contribution in [1.82, 2.24) is 5.32 Å². The summed E-state index contributed by atoms with van der Waals surface area (Å²) in [6.45, 7) is 0. The van der Waals surface area contributed by atoms with Crippen molar-refractivity contribution >= 4 is 34.7 Å². The number of carbonyl (C=O) groups is 2. The first kappa shape index (κ1) is 15.8. The smallest absolute Gasteiger partial charge is 0.290 e. The van der Waals surface area contributed by atoms with Crippen LogP contribution in [0.15, 0.2) is 47.4 Å². The maximum atomic E-state index is 11.6. The maximum absolute atomic E-state index is 11.6. The SMILES string of the molecule is O=C1NC(=O)C(=Cc2cccc(-c3cccc([N+](=O)[O-])c3)c2O)S1. The van der Waals surface area contributed by atoms with Crippen LogP contribution in [0.25, 0.3) is 17.2 Å². The van der Waals surface area contributed by atoms with E-state index in [0.717, 1.165) is 11.8 Å². The van der Waals surface area contributed by atoms with Gasteiger partial charge in [0, 0.05) is 23.3 Å². The van der Waals surface area contributed by atoms with E-state index in [1.54, 1.807) is 24.3 Å². The zero-order valence-corrected chi connectivity index (χ0v) is 12.9. The molecule has 2 aromatic carbocycles. The van der Waals surface area contributed by atoms with Crippen molar-refractivity contribution in [2.45, 2.75) is 0 Å². The van der Waals surface area contributed by atoms with Crippen LogP contribution in [-0.2, 0) is 4.79 Å². The molecule has 8 heteroatoms. The average Bonchev–Trinajstić information content (AvgIpc) is 2.87. The van der Waals surface area contributed by atoms with E-state index in [1.807, 2.05) is 0 Å². The number of phenols is 1. The molecule has 0 radical (unpaired) electrons. The fourth-order valence-electron chi connectivity index (χ4n) is 2.26. The number of nitro benzene ring substituents is 1. The Bertz CT molecular complexity index is 907. The van der Waals surface area contributed by atoms with Gasteiger partial charge in [-0.15, -0.1) is 0 Å². The summed E-state index contributed by atoms with van der Waals surface area (Å²) in [5, 5.41) is 23.0. The van der Waals surface area contributed by atoms with Crippen molar-refractivity contribution in [3.8, 4) is 16.9 Å². The van der Waals surface area contributed by atoms with Crippen molar-refractivity contribution in [3.63, 3.8) is 0 Å². The minimum atomic E-state index is -0.523. The Morgan fingerprint density at radius 3 is 2.58 bits per heavy atom. The number of hydrogen-bond acceptors (Lipinski definition) is 6. The first-order valence-corrected chi connectivity index (χ1v) is 7.59. The number of carbonyl (C=O) groups excluding carboxylic acids is 2. The van der Waals surface area contributed by atoms with Crippen LogP contribution in [0.1, 0.15) is 5.56 Å². The lowest BCUT2D eigenvalue weighted by Gasteiger charge is -2.08. The molecule has 0 saturated carbocycles. The monoisotopic (exact) mass is 342 g/mol. The Hall–Kier alpha value is -3.13. The van der Waals surface area contributed by atoms with Crippen LogP contribution in [0.2, 0.25) is 0 Å². The number of para-hydroxylation sites is 1. The van der Waals surface area contributed by atoms with E-state index in [4.69, 9.17) is 0 Å². The van der Waals surface area contributed by atoms with Crippen LogP contribution in [0, 0.1) is 10.1 Å². The van der Waals surface area contributed by atoms with Crippen molar-refractivity contribution < 1.29 is 19.6 Å². The van der Waals surface area contributed by atoms with E-state index < -0.39 is 16.1 Å². The number of imide groups is 1. The van der Waals surface area contributed by atoms with Gasteiger partial charge in [0.05, 0.1) is 9.83 Å². The molecule has 120 valence electrons. The van der Waals surface area contributed by atoms with Gasteiger partial charge in [-0.25, -0.2) is 0 Å². The normalized spacial score (nSPS) is 15.6. The molecule has 7 nitrogen and oxygen atoms in total. The van der Waals surface area contributed by atoms with E-state index in [-0.39, 0.29) is 16.3 Å². The molecule has 2 aromatic rings. The summed E-state index contributed by atoms with van der Waals surface area (Å²) in [6, 6.07) is 10.7. The molecule has 1 heterocycles. The van der Waals surface area contributed by atoms with Gasteiger partial charge in [0.2, 0.25) is 0 Å². The first-order valence-electron chi connectivity index (χ1n) is 6.77. The molecule has 1 saturated heterocycles. The Balaban J connectivity index is 2.05. The molecular weight excluding hydrogens is 332 g/mol. The lowest BCUT2D eigenvalue weighted by molar-refractivity contribution is -0.384.